The van der Waals surface area contributed by atoms with E-state index in [4.69, 9.17) is 4.74 Å². The second-order valence-corrected chi connectivity index (χ2v) is 9.47. The Balaban J connectivity index is 1.75. The summed E-state index contributed by atoms with van der Waals surface area (Å²) in [7, 11) is -0.155. The Hall–Kier alpha value is -2.62. The van der Waals surface area contributed by atoms with E-state index in [1.54, 1.807) is 31.2 Å². The fraction of sp³-hybridized carbons (Fsp3) is 0.500. The third kappa shape index (κ3) is 3.56. The predicted octanol–water partition coefficient (Wildman–Crippen LogP) is 0.108. The lowest BCUT2D eigenvalue weighted by atomic mass is 9.92. The summed E-state index contributed by atoms with van der Waals surface area (Å²) in [5.41, 5.74) is -0.781. The second kappa shape index (κ2) is 7.08. The van der Waals surface area contributed by atoms with Crippen molar-refractivity contribution < 1.29 is 27.5 Å². The number of urea groups is 1. The van der Waals surface area contributed by atoms with Crippen LogP contribution in [0.2, 0.25) is 0 Å². The SMILES string of the molecule is COc1cccc([C@]2(C)NC(=O)N(CC(=O)N(C)[C@@H]3CCS(=O)(=O)C3)C2=O)c1. The molecular formula is C18H23N3O6S. The van der Waals surface area contributed by atoms with E-state index in [1.165, 1.54) is 19.1 Å². The summed E-state index contributed by atoms with van der Waals surface area (Å²) >= 11 is 0. The third-order valence-corrected chi connectivity index (χ3v) is 7.12. The average molecular weight is 409 g/mol. The first-order chi connectivity index (χ1) is 13.1. The van der Waals surface area contributed by atoms with Crippen molar-refractivity contribution in [1.29, 1.82) is 0 Å². The van der Waals surface area contributed by atoms with Gasteiger partial charge in [0.05, 0.1) is 18.6 Å². The lowest BCUT2D eigenvalue weighted by Gasteiger charge is -2.26. The summed E-state index contributed by atoms with van der Waals surface area (Å²) in [6, 6.07) is 5.67. The first kappa shape index (κ1) is 20.1. The summed E-state index contributed by atoms with van der Waals surface area (Å²) in [4.78, 5) is 40.1. The molecule has 2 saturated heterocycles. The average Bonchev–Trinajstić information content (AvgIpc) is 3.13. The highest BCUT2D eigenvalue weighted by Crippen LogP contribution is 2.31. The molecule has 2 fully saturated rings. The molecule has 0 bridgehead atoms. The quantitative estimate of drug-likeness (QED) is 0.691. The first-order valence-corrected chi connectivity index (χ1v) is 10.6. The molecule has 0 aliphatic carbocycles. The standard InChI is InChI=1S/C18H23N3O6S/c1-18(12-5-4-6-14(9-12)27-3)16(23)21(17(24)19-18)10-15(22)20(2)13-7-8-28(25,26)11-13/h4-6,9,13H,7-8,10-11H2,1-3H3,(H,19,24)/t13-,18+/m1/s1. The molecule has 2 atom stereocenters. The van der Waals surface area contributed by atoms with Crippen LogP contribution in [0.4, 0.5) is 4.79 Å². The molecule has 152 valence electrons. The van der Waals surface area contributed by atoms with Crippen molar-refractivity contribution in [1.82, 2.24) is 15.1 Å². The summed E-state index contributed by atoms with van der Waals surface area (Å²) in [6.45, 7) is 1.12. The van der Waals surface area contributed by atoms with E-state index in [0.29, 0.717) is 17.7 Å². The number of imide groups is 1. The molecule has 2 aliphatic rings. The highest BCUT2D eigenvalue weighted by atomic mass is 32.2. The Bertz CT molecular complexity index is 931. The summed E-state index contributed by atoms with van der Waals surface area (Å²) in [6.07, 6.45) is 0.353. The van der Waals surface area contributed by atoms with Crippen LogP contribution in [-0.2, 0) is 25.0 Å². The highest BCUT2D eigenvalue weighted by Gasteiger charge is 2.50. The number of hydrogen-bond donors (Lipinski definition) is 1. The molecule has 2 aliphatic heterocycles. The van der Waals surface area contributed by atoms with Crippen molar-refractivity contribution in [2.24, 2.45) is 0 Å². The van der Waals surface area contributed by atoms with Crippen LogP contribution in [0.5, 0.6) is 5.75 Å². The molecule has 4 amide bonds. The van der Waals surface area contributed by atoms with Crippen molar-refractivity contribution in [2.75, 3.05) is 32.2 Å². The smallest absolute Gasteiger partial charge is 0.325 e. The number of sulfone groups is 1. The van der Waals surface area contributed by atoms with Gasteiger partial charge in [0.1, 0.15) is 17.8 Å². The van der Waals surface area contributed by atoms with E-state index in [-0.39, 0.29) is 11.5 Å². The molecule has 9 nitrogen and oxygen atoms in total. The highest BCUT2D eigenvalue weighted by molar-refractivity contribution is 7.91. The Labute approximate surface area is 163 Å². The zero-order valence-corrected chi connectivity index (χ0v) is 16.8. The molecule has 1 aromatic carbocycles. The number of nitrogens with one attached hydrogen (secondary N) is 1. The number of ether oxygens (including phenoxy) is 1. The van der Waals surface area contributed by atoms with Crippen LogP contribution in [0, 0.1) is 0 Å². The number of amides is 4. The number of methoxy groups -OCH3 is 1. The second-order valence-electron chi connectivity index (χ2n) is 7.24. The van der Waals surface area contributed by atoms with Gasteiger partial charge >= 0.3 is 6.03 Å². The van der Waals surface area contributed by atoms with E-state index in [1.807, 2.05) is 0 Å². The van der Waals surface area contributed by atoms with Gasteiger partial charge in [-0.3, -0.25) is 14.5 Å². The van der Waals surface area contributed by atoms with Gasteiger partial charge in [0, 0.05) is 13.1 Å². The van der Waals surface area contributed by atoms with Crippen LogP contribution < -0.4 is 10.1 Å². The number of carbonyl (C=O) groups excluding carboxylic acids is 3. The van der Waals surface area contributed by atoms with Crippen molar-refractivity contribution in [3.05, 3.63) is 29.8 Å². The van der Waals surface area contributed by atoms with E-state index in [0.717, 1.165) is 4.90 Å². The van der Waals surface area contributed by atoms with Gasteiger partial charge in [-0.25, -0.2) is 13.2 Å². The maximum atomic E-state index is 13.0. The Morgan fingerprint density at radius 1 is 1.39 bits per heavy atom. The number of likely N-dealkylation sites (N-methyl/N-ethyl adjacent to an activating group) is 1. The fourth-order valence-corrected chi connectivity index (χ4v) is 5.28. The largest absolute Gasteiger partial charge is 0.497 e. The van der Waals surface area contributed by atoms with Crippen molar-refractivity contribution in [3.63, 3.8) is 0 Å². The van der Waals surface area contributed by atoms with Crippen molar-refractivity contribution in [3.8, 4) is 5.75 Å². The van der Waals surface area contributed by atoms with Crippen molar-refractivity contribution >= 4 is 27.7 Å². The zero-order chi connectivity index (χ0) is 20.7. The molecule has 0 unspecified atom stereocenters. The monoisotopic (exact) mass is 409 g/mol. The van der Waals surface area contributed by atoms with E-state index in [2.05, 4.69) is 5.32 Å². The summed E-state index contributed by atoms with van der Waals surface area (Å²) in [5.74, 6) is -0.562. The molecule has 28 heavy (non-hydrogen) atoms. The van der Waals surface area contributed by atoms with Gasteiger partial charge in [0.25, 0.3) is 5.91 Å². The van der Waals surface area contributed by atoms with Crippen LogP contribution in [0.25, 0.3) is 0 Å². The van der Waals surface area contributed by atoms with E-state index >= 15 is 0 Å². The van der Waals surface area contributed by atoms with Gasteiger partial charge in [-0.1, -0.05) is 12.1 Å². The van der Waals surface area contributed by atoms with Gasteiger partial charge in [0.15, 0.2) is 9.84 Å². The first-order valence-electron chi connectivity index (χ1n) is 8.82. The molecule has 1 N–H and O–H groups in total. The van der Waals surface area contributed by atoms with Crippen LogP contribution in [0.3, 0.4) is 0 Å². The van der Waals surface area contributed by atoms with Gasteiger partial charge in [0.2, 0.25) is 5.91 Å². The number of nitrogens with zero attached hydrogens (tertiary/aromatic N) is 2. The normalized spacial score (nSPS) is 26.2. The maximum absolute atomic E-state index is 13.0. The molecule has 0 saturated carbocycles. The lowest BCUT2D eigenvalue weighted by molar-refractivity contribution is -0.139. The Kier molecular flexibility index (Phi) is 5.09. The van der Waals surface area contributed by atoms with Crippen LogP contribution in [0.1, 0.15) is 18.9 Å². The Morgan fingerprint density at radius 3 is 2.71 bits per heavy atom. The number of rotatable bonds is 5. The van der Waals surface area contributed by atoms with Crippen LogP contribution >= 0.6 is 0 Å². The molecule has 10 heteroatoms. The van der Waals surface area contributed by atoms with Gasteiger partial charge in [-0.2, -0.15) is 0 Å². The Morgan fingerprint density at radius 2 is 2.11 bits per heavy atom. The van der Waals surface area contributed by atoms with Gasteiger partial charge in [-0.15, -0.1) is 0 Å². The molecule has 0 spiro atoms. The predicted molar refractivity (Wildman–Crippen MR) is 100 cm³/mol. The lowest BCUT2D eigenvalue weighted by Crippen LogP contribution is -2.46. The van der Waals surface area contributed by atoms with Gasteiger partial charge < -0.3 is 15.0 Å². The molecule has 0 radical (unpaired) electrons. The van der Waals surface area contributed by atoms with Crippen molar-refractivity contribution in [2.45, 2.75) is 24.9 Å². The number of benzene rings is 1. The minimum Gasteiger partial charge on any atom is -0.497 e. The number of hydrogen-bond acceptors (Lipinski definition) is 6. The minimum absolute atomic E-state index is 0.0341. The fourth-order valence-electron chi connectivity index (χ4n) is 3.50. The minimum atomic E-state index is -3.15. The van der Waals surface area contributed by atoms with E-state index in [9.17, 15) is 22.8 Å². The van der Waals surface area contributed by atoms with Gasteiger partial charge in [-0.05, 0) is 31.0 Å². The van der Waals surface area contributed by atoms with Crippen LogP contribution in [-0.4, -0.2) is 74.3 Å². The third-order valence-electron chi connectivity index (χ3n) is 5.36. The topological polar surface area (TPSA) is 113 Å². The molecular weight excluding hydrogens is 386 g/mol. The molecule has 2 heterocycles. The number of carbonyl (C=O) groups is 3. The van der Waals surface area contributed by atoms with E-state index < -0.39 is 45.8 Å². The zero-order valence-electron chi connectivity index (χ0n) is 16.0. The molecule has 1 aromatic rings. The summed E-state index contributed by atoms with van der Waals surface area (Å²) < 4.78 is 28.4. The maximum Gasteiger partial charge on any atom is 0.325 e. The molecule has 0 aromatic heterocycles. The molecule has 3 rings (SSSR count). The summed E-state index contributed by atoms with van der Waals surface area (Å²) in [5, 5.41) is 2.64. The van der Waals surface area contributed by atoms with Crippen LogP contribution in [0.15, 0.2) is 24.3 Å².